The highest BCUT2D eigenvalue weighted by Gasteiger charge is 2.29. The second-order valence-corrected chi connectivity index (χ2v) is 6.63. The molecule has 0 spiro atoms. The second kappa shape index (κ2) is 6.64. The summed E-state index contributed by atoms with van der Waals surface area (Å²) in [4.78, 5) is 6.25. The maximum Gasteiger partial charge on any atom is 0.0954 e. The van der Waals surface area contributed by atoms with Crippen LogP contribution in [0.1, 0.15) is 48.2 Å². The molecule has 1 aromatic heterocycles. The summed E-state index contributed by atoms with van der Waals surface area (Å²) in [7, 11) is 1.75. The van der Waals surface area contributed by atoms with E-state index in [1.807, 2.05) is 11.3 Å². The van der Waals surface area contributed by atoms with Crippen LogP contribution in [0.25, 0.3) is 0 Å². The third-order valence-electron chi connectivity index (χ3n) is 3.09. The van der Waals surface area contributed by atoms with Gasteiger partial charge in [0.15, 0.2) is 0 Å². The van der Waals surface area contributed by atoms with E-state index in [2.05, 4.69) is 19.2 Å². The molecule has 1 aliphatic rings. The molecule has 0 radical (unpaired) electrons. The lowest BCUT2D eigenvalue weighted by atomic mass is 10.2. The van der Waals surface area contributed by atoms with Crippen molar-refractivity contribution in [3.05, 3.63) is 15.6 Å². The quantitative estimate of drug-likeness (QED) is 0.787. The number of methoxy groups -OCH3 is 1. The maximum absolute atomic E-state index is 5.13. The van der Waals surface area contributed by atoms with Gasteiger partial charge in [-0.1, -0.05) is 13.8 Å². The minimum Gasteiger partial charge on any atom is -0.384 e. The van der Waals surface area contributed by atoms with Gasteiger partial charge in [0.1, 0.15) is 0 Å². The first-order valence-electron chi connectivity index (χ1n) is 6.88. The Kier molecular flexibility index (Phi) is 5.15. The number of aromatic nitrogens is 1. The molecule has 0 bridgehead atoms. The second-order valence-electron chi connectivity index (χ2n) is 5.46. The molecule has 0 aliphatic heterocycles. The molecule has 1 heterocycles. The molecule has 4 heteroatoms. The fourth-order valence-electron chi connectivity index (χ4n) is 1.99. The molecular formula is C14H24N2OS. The van der Waals surface area contributed by atoms with Crippen LogP contribution in [0.3, 0.4) is 0 Å². The van der Waals surface area contributed by atoms with Gasteiger partial charge in [-0.15, -0.1) is 11.3 Å². The van der Waals surface area contributed by atoms with Crippen molar-refractivity contribution >= 4 is 11.3 Å². The van der Waals surface area contributed by atoms with Crippen LogP contribution in [-0.2, 0) is 17.7 Å². The van der Waals surface area contributed by atoms with Crippen LogP contribution in [0.4, 0.5) is 0 Å². The van der Waals surface area contributed by atoms with Crippen LogP contribution in [-0.4, -0.2) is 25.2 Å². The van der Waals surface area contributed by atoms with Gasteiger partial charge in [0.25, 0.3) is 0 Å². The lowest BCUT2D eigenvalue weighted by Crippen LogP contribution is -2.18. The first kappa shape index (κ1) is 14.0. The number of hydrogen-bond donors (Lipinski definition) is 1. The third kappa shape index (κ3) is 4.04. The Bertz CT molecular complexity index is 372. The van der Waals surface area contributed by atoms with Crippen molar-refractivity contribution in [2.75, 3.05) is 20.3 Å². The normalized spacial score (nSPS) is 15.6. The minimum absolute atomic E-state index is 0.704. The lowest BCUT2D eigenvalue weighted by molar-refractivity contribution is 0.202. The topological polar surface area (TPSA) is 34.1 Å². The Labute approximate surface area is 114 Å². The van der Waals surface area contributed by atoms with E-state index in [0.29, 0.717) is 5.92 Å². The average Bonchev–Trinajstić information content (AvgIpc) is 3.09. The number of nitrogens with one attached hydrogen (secondary N) is 1. The smallest absolute Gasteiger partial charge is 0.0954 e. The van der Waals surface area contributed by atoms with E-state index < -0.39 is 0 Å². The predicted molar refractivity (Wildman–Crippen MR) is 76.2 cm³/mol. The zero-order valence-electron chi connectivity index (χ0n) is 11.7. The molecule has 3 nitrogen and oxygen atoms in total. The summed E-state index contributed by atoms with van der Waals surface area (Å²) in [5.74, 6) is 1.45. The first-order valence-corrected chi connectivity index (χ1v) is 7.70. The zero-order chi connectivity index (χ0) is 13.0. The Balaban J connectivity index is 1.95. The molecule has 0 saturated heterocycles. The van der Waals surface area contributed by atoms with Gasteiger partial charge in [-0.3, -0.25) is 0 Å². The van der Waals surface area contributed by atoms with Crippen molar-refractivity contribution < 1.29 is 4.74 Å². The van der Waals surface area contributed by atoms with Crippen molar-refractivity contribution in [1.29, 1.82) is 0 Å². The van der Waals surface area contributed by atoms with Gasteiger partial charge in [0.05, 0.1) is 17.3 Å². The van der Waals surface area contributed by atoms with E-state index in [9.17, 15) is 0 Å². The molecule has 1 fully saturated rings. The van der Waals surface area contributed by atoms with E-state index in [1.54, 1.807) is 7.11 Å². The standard InChI is InChI=1S/C14H24N2OS/c1-10(2)8-15-9-12-14(11-4-5-11)16-13(18-12)6-7-17-3/h10-11,15H,4-9H2,1-3H3. The van der Waals surface area contributed by atoms with Gasteiger partial charge in [-0.05, 0) is 25.3 Å². The first-order chi connectivity index (χ1) is 8.70. The number of thiazole rings is 1. The zero-order valence-corrected chi connectivity index (χ0v) is 12.5. The van der Waals surface area contributed by atoms with E-state index in [1.165, 1.54) is 28.4 Å². The number of rotatable bonds is 8. The molecule has 0 atom stereocenters. The van der Waals surface area contributed by atoms with Crippen molar-refractivity contribution in [2.45, 2.75) is 45.6 Å². The van der Waals surface area contributed by atoms with Gasteiger partial charge in [-0.2, -0.15) is 0 Å². The number of hydrogen-bond acceptors (Lipinski definition) is 4. The summed E-state index contributed by atoms with van der Waals surface area (Å²) in [5, 5.41) is 4.77. The van der Waals surface area contributed by atoms with E-state index in [4.69, 9.17) is 9.72 Å². The number of nitrogens with zero attached hydrogens (tertiary/aromatic N) is 1. The summed E-state index contributed by atoms with van der Waals surface area (Å²) < 4.78 is 5.13. The molecule has 1 saturated carbocycles. The minimum atomic E-state index is 0.704. The van der Waals surface area contributed by atoms with E-state index in [-0.39, 0.29) is 0 Å². The van der Waals surface area contributed by atoms with Gasteiger partial charge in [0, 0.05) is 30.9 Å². The lowest BCUT2D eigenvalue weighted by Gasteiger charge is -2.06. The van der Waals surface area contributed by atoms with Gasteiger partial charge in [-0.25, -0.2) is 4.98 Å². The van der Waals surface area contributed by atoms with Crippen LogP contribution in [0, 0.1) is 5.92 Å². The molecule has 1 aliphatic carbocycles. The molecule has 18 heavy (non-hydrogen) atoms. The fraction of sp³-hybridized carbons (Fsp3) is 0.786. The molecule has 1 aromatic rings. The predicted octanol–water partition coefficient (Wildman–Crippen LogP) is 2.96. The van der Waals surface area contributed by atoms with Crippen LogP contribution >= 0.6 is 11.3 Å². The molecule has 0 aromatic carbocycles. The molecule has 1 N–H and O–H groups in total. The van der Waals surface area contributed by atoms with Gasteiger partial charge < -0.3 is 10.1 Å². The highest BCUT2D eigenvalue weighted by atomic mass is 32.1. The number of ether oxygens (including phenoxy) is 1. The Morgan fingerprint density at radius 2 is 2.22 bits per heavy atom. The van der Waals surface area contributed by atoms with Crippen LogP contribution in [0.2, 0.25) is 0 Å². The maximum atomic E-state index is 5.13. The van der Waals surface area contributed by atoms with Crippen LogP contribution in [0.15, 0.2) is 0 Å². The summed E-state index contributed by atoms with van der Waals surface area (Å²) in [6.45, 7) is 7.32. The van der Waals surface area contributed by atoms with Gasteiger partial charge in [0.2, 0.25) is 0 Å². The summed E-state index contributed by atoms with van der Waals surface area (Å²) in [6.07, 6.45) is 3.60. The summed E-state index contributed by atoms with van der Waals surface area (Å²) in [6, 6.07) is 0. The Morgan fingerprint density at radius 3 is 2.83 bits per heavy atom. The van der Waals surface area contributed by atoms with Crippen molar-refractivity contribution in [1.82, 2.24) is 10.3 Å². The Morgan fingerprint density at radius 1 is 1.44 bits per heavy atom. The van der Waals surface area contributed by atoms with E-state index in [0.717, 1.165) is 32.0 Å². The van der Waals surface area contributed by atoms with Crippen LogP contribution in [0.5, 0.6) is 0 Å². The summed E-state index contributed by atoms with van der Waals surface area (Å²) in [5.41, 5.74) is 1.36. The molecule has 0 unspecified atom stereocenters. The summed E-state index contributed by atoms with van der Waals surface area (Å²) >= 11 is 1.87. The highest BCUT2D eigenvalue weighted by Crippen LogP contribution is 2.42. The highest BCUT2D eigenvalue weighted by molar-refractivity contribution is 7.11. The molecule has 102 valence electrons. The van der Waals surface area contributed by atoms with Gasteiger partial charge >= 0.3 is 0 Å². The average molecular weight is 268 g/mol. The Hall–Kier alpha value is -0.450. The SMILES string of the molecule is COCCc1nc(C2CC2)c(CNCC(C)C)s1. The largest absolute Gasteiger partial charge is 0.384 e. The van der Waals surface area contributed by atoms with Crippen molar-refractivity contribution in [3.63, 3.8) is 0 Å². The molecule has 0 amide bonds. The third-order valence-corrected chi connectivity index (χ3v) is 4.23. The molecular weight excluding hydrogens is 244 g/mol. The molecule has 2 rings (SSSR count). The van der Waals surface area contributed by atoms with Crippen molar-refractivity contribution in [2.24, 2.45) is 5.92 Å². The van der Waals surface area contributed by atoms with Crippen LogP contribution < -0.4 is 5.32 Å². The fourth-order valence-corrected chi connectivity index (χ4v) is 3.09. The van der Waals surface area contributed by atoms with Crippen molar-refractivity contribution in [3.8, 4) is 0 Å². The van der Waals surface area contributed by atoms with E-state index >= 15 is 0 Å². The monoisotopic (exact) mass is 268 g/mol.